The van der Waals surface area contributed by atoms with Crippen LogP contribution in [0, 0.1) is 5.92 Å². The Morgan fingerprint density at radius 3 is 2.58 bits per heavy atom. The Morgan fingerprint density at radius 1 is 1.06 bits per heavy atom. The Kier molecular flexibility index (Phi) is 5.95. The minimum Gasteiger partial charge on any atom is -0.382 e. The van der Waals surface area contributed by atoms with Crippen LogP contribution in [0.4, 0.5) is 5.82 Å². The van der Waals surface area contributed by atoms with Gasteiger partial charge in [0.25, 0.3) is 0 Å². The van der Waals surface area contributed by atoms with Crippen molar-refractivity contribution in [3.63, 3.8) is 0 Å². The Morgan fingerprint density at radius 2 is 1.83 bits per heavy atom. The first-order valence-electron chi connectivity index (χ1n) is 12.9. The summed E-state index contributed by atoms with van der Waals surface area (Å²) in [6.45, 7) is 2.00. The van der Waals surface area contributed by atoms with Gasteiger partial charge in [-0.15, -0.1) is 0 Å². The highest BCUT2D eigenvalue weighted by Gasteiger charge is 2.29. The van der Waals surface area contributed by atoms with Crippen LogP contribution in [0.5, 0.6) is 0 Å². The van der Waals surface area contributed by atoms with E-state index in [-0.39, 0.29) is 5.92 Å². The molecule has 1 saturated heterocycles. The van der Waals surface area contributed by atoms with E-state index in [2.05, 4.69) is 45.2 Å². The number of benzene rings is 1. The predicted molar refractivity (Wildman–Crippen MR) is 141 cm³/mol. The van der Waals surface area contributed by atoms with E-state index >= 15 is 0 Å². The molecular weight excluding hydrogens is 474 g/mol. The molecule has 9 nitrogen and oxygen atoms in total. The van der Waals surface area contributed by atoms with E-state index in [1.54, 1.807) is 4.31 Å². The van der Waals surface area contributed by atoms with Crippen molar-refractivity contribution < 1.29 is 8.42 Å². The summed E-state index contributed by atoms with van der Waals surface area (Å²) in [5.41, 5.74) is 11.2. The van der Waals surface area contributed by atoms with Crippen LogP contribution >= 0.6 is 0 Å². The molecule has 1 saturated carbocycles. The zero-order valence-corrected chi connectivity index (χ0v) is 21.5. The molecule has 0 atom stereocenters. The summed E-state index contributed by atoms with van der Waals surface area (Å²) in [5.74, 6) is 1.34. The quantitative estimate of drug-likeness (QED) is 0.436. The zero-order chi connectivity index (χ0) is 24.9. The third-order valence-corrected chi connectivity index (χ3v) is 9.29. The van der Waals surface area contributed by atoms with Crippen molar-refractivity contribution in [2.75, 3.05) is 25.1 Å². The van der Waals surface area contributed by atoms with Crippen molar-refractivity contribution >= 4 is 32.3 Å². The maximum atomic E-state index is 12.0. The SMILES string of the molecule is CS(=O)(=O)N1CCC(c2cc(-c3ccc4cn(CC5CCCCC5)nc4c3)c3c(N)ncnn23)CC1. The van der Waals surface area contributed by atoms with Crippen molar-refractivity contribution in [1.29, 1.82) is 0 Å². The maximum absolute atomic E-state index is 12.0. The molecule has 0 radical (unpaired) electrons. The van der Waals surface area contributed by atoms with Gasteiger partial charge < -0.3 is 5.73 Å². The van der Waals surface area contributed by atoms with Gasteiger partial charge in [-0.25, -0.2) is 22.2 Å². The fourth-order valence-electron chi connectivity index (χ4n) is 6.05. The van der Waals surface area contributed by atoms with Crippen molar-refractivity contribution in [2.45, 2.75) is 57.4 Å². The number of hydrogen-bond donors (Lipinski definition) is 1. The lowest BCUT2D eigenvalue weighted by molar-refractivity contribution is 0.309. The minimum atomic E-state index is -3.18. The van der Waals surface area contributed by atoms with Crippen LogP contribution in [0.1, 0.15) is 56.6 Å². The molecule has 0 amide bonds. The summed E-state index contributed by atoms with van der Waals surface area (Å²) in [4.78, 5) is 4.27. The first-order valence-corrected chi connectivity index (χ1v) is 14.8. The molecule has 2 N–H and O–H groups in total. The number of hydrogen-bond acceptors (Lipinski definition) is 6. The molecule has 0 spiro atoms. The van der Waals surface area contributed by atoms with Crippen LogP contribution in [0.25, 0.3) is 27.5 Å². The van der Waals surface area contributed by atoms with Gasteiger partial charge in [-0.05, 0) is 49.3 Å². The molecule has 0 unspecified atom stereocenters. The molecule has 2 aliphatic rings. The normalized spacial score (nSPS) is 18.9. The minimum absolute atomic E-state index is 0.192. The van der Waals surface area contributed by atoms with Crippen LogP contribution in [-0.2, 0) is 16.6 Å². The number of aromatic nitrogens is 5. The fraction of sp³-hybridized carbons (Fsp3) is 0.500. The summed E-state index contributed by atoms with van der Waals surface area (Å²) >= 11 is 0. The highest BCUT2D eigenvalue weighted by molar-refractivity contribution is 7.88. The van der Waals surface area contributed by atoms with Gasteiger partial charge in [0.15, 0.2) is 5.82 Å². The van der Waals surface area contributed by atoms with Crippen molar-refractivity contribution in [3.05, 3.63) is 42.5 Å². The van der Waals surface area contributed by atoms with Crippen molar-refractivity contribution in [1.82, 2.24) is 28.7 Å². The second kappa shape index (κ2) is 9.15. The van der Waals surface area contributed by atoms with E-state index in [1.807, 2.05) is 4.52 Å². The van der Waals surface area contributed by atoms with Gasteiger partial charge in [0.1, 0.15) is 11.8 Å². The monoisotopic (exact) mass is 507 g/mol. The third kappa shape index (κ3) is 4.37. The lowest BCUT2D eigenvalue weighted by atomic mass is 9.89. The molecule has 2 fully saturated rings. The van der Waals surface area contributed by atoms with Crippen LogP contribution in [-0.4, -0.2) is 56.4 Å². The van der Waals surface area contributed by atoms with Crippen molar-refractivity contribution in [2.24, 2.45) is 5.92 Å². The van der Waals surface area contributed by atoms with Gasteiger partial charge in [0.05, 0.1) is 11.8 Å². The van der Waals surface area contributed by atoms with Crippen molar-refractivity contribution in [3.8, 4) is 11.1 Å². The average Bonchev–Trinajstić information content (AvgIpc) is 3.45. The van der Waals surface area contributed by atoms with E-state index in [0.717, 1.165) is 58.5 Å². The fourth-order valence-corrected chi connectivity index (χ4v) is 6.92. The predicted octanol–water partition coefficient (Wildman–Crippen LogP) is 4.05. The molecule has 1 aliphatic carbocycles. The van der Waals surface area contributed by atoms with E-state index in [9.17, 15) is 8.42 Å². The summed E-state index contributed by atoms with van der Waals surface area (Å²) in [7, 11) is -3.18. The molecule has 0 bridgehead atoms. The first kappa shape index (κ1) is 23.4. The molecular formula is C26H33N7O2S. The second-order valence-electron chi connectivity index (χ2n) is 10.5. The molecule has 4 aromatic rings. The number of nitrogens with zero attached hydrogens (tertiary/aromatic N) is 6. The number of sulfonamides is 1. The molecule has 4 heterocycles. The van der Waals surface area contributed by atoms with E-state index < -0.39 is 10.0 Å². The number of nitrogen functional groups attached to an aromatic ring is 1. The van der Waals surface area contributed by atoms with Gasteiger partial charge >= 0.3 is 0 Å². The Hall–Kier alpha value is -2.98. The third-order valence-electron chi connectivity index (χ3n) is 7.99. The molecule has 6 rings (SSSR count). The molecule has 190 valence electrons. The lowest BCUT2D eigenvalue weighted by Gasteiger charge is -2.29. The molecule has 10 heteroatoms. The smallest absolute Gasteiger partial charge is 0.211 e. The maximum Gasteiger partial charge on any atom is 0.211 e. The summed E-state index contributed by atoms with van der Waals surface area (Å²) < 4.78 is 29.5. The highest BCUT2D eigenvalue weighted by Crippen LogP contribution is 2.37. The van der Waals surface area contributed by atoms with Gasteiger partial charge in [-0.1, -0.05) is 31.4 Å². The molecule has 1 aromatic carbocycles. The number of fused-ring (bicyclic) bond motifs is 2. The number of anilines is 1. The Labute approximate surface area is 211 Å². The first-order chi connectivity index (χ1) is 17.4. The van der Waals surface area contributed by atoms with Crippen LogP contribution < -0.4 is 5.73 Å². The number of rotatable bonds is 5. The largest absolute Gasteiger partial charge is 0.382 e. The summed E-state index contributed by atoms with van der Waals surface area (Å²) in [6.07, 6.45) is 13.0. The summed E-state index contributed by atoms with van der Waals surface area (Å²) in [5, 5.41) is 10.6. The van der Waals surface area contributed by atoms with E-state index in [4.69, 9.17) is 10.8 Å². The zero-order valence-electron chi connectivity index (χ0n) is 20.7. The van der Waals surface area contributed by atoms with E-state index in [1.165, 1.54) is 44.7 Å². The van der Waals surface area contributed by atoms with Gasteiger partial charge in [0.2, 0.25) is 10.0 Å². The van der Waals surface area contributed by atoms with Crippen LogP contribution in [0.3, 0.4) is 0 Å². The Balaban J connectivity index is 1.34. The Bertz CT molecular complexity index is 1510. The van der Waals surface area contributed by atoms with Gasteiger partial charge in [-0.2, -0.15) is 10.2 Å². The van der Waals surface area contributed by atoms with Crippen LogP contribution in [0.2, 0.25) is 0 Å². The molecule has 3 aromatic heterocycles. The number of nitrogens with two attached hydrogens (primary N) is 1. The molecule has 36 heavy (non-hydrogen) atoms. The second-order valence-corrected chi connectivity index (χ2v) is 12.4. The summed E-state index contributed by atoms with van der Waals surface area (Å²) in [6, 6.07) is 8.53. The highest BCUT2D eigenvalue weighted by atomic mass is 32.2. The van der Waals surface area contributed by atoms with Gasteiger partial charge in [-0.3, -0.25) is 4.68 Å². The topological polar surface area (TPSA) is 111 Å². The van der Waals surface area contributed by atoms with Gasteiger partial charge in [0, 0.05) is 48.4 Å². The lowest BCUT2D eigenvalue weighted by Crippen LogP contribution is -2.37. The number of piperidine rings is 1. The average molecular weight is 508 g/mol. The molecule has 1 aliphatic heterocycles. The van der Waals surface area contributed by atoms with Crippen LogP contribution in [0.15, 0.2) is 36.8 Å². The standard InChI is InChI=1S/C26H33N7O2S/c1-36(34,35)32-11-9-19(10-12-32)24-14-22(25-26(27)28-17-29-33(24)25)20-7-8-21-16-31(30-23(21)13-20)15-18-5-3-2-4-6-18/h7-8,13-14,16-19H,2-6,9-12,15H2,1H3,(H2,27,28,29). The van der Waals surface area contributed by atoms with E-state index in [0.29, 0.717) is 18.9 Å².